The van der Waals surface area contributed by atoms with E-state index in [2.05, 4.69) is 4.72 Å². The predicted molar refractivity (Wildman–Crippen MR) is 88.0 cm³/mol. The molecular weight excluding hydrogens is 345 g/mol. The first-order valence-corrected chi connectivity index (χ1v) is 9.79. The van der Waals surface area contributed by atoms with Crippen LogP contribution in [0, 0.1) is 5.92 Å². The van der Waals surface area contributed by atoms with E-state index in [4.69, 9.17) is 27.9 Å². The number of hydrogen-bond donors (Lipinski definition) is 1. The summed E-state index contributed by atoms with van der Waals surface area (Å²) in [6.45, 7) is 0.912. The molecule has 1 saturated carbocycles. The fraction of sp³-hybridized carbons (Fsp3) is 0.600. The molecular formula is C15H19Cl2NO3S. The maximum absolute atomic E-state index is 12.6. The van der Waals surface area contributed by atoms with Crippen molar-refractivity contribution in [1.82, 2.24) is 4.72 Å². The normalized spacial score (nSPS) is 26.1. The van der Waals surface area contributed by atoms with Crippen LogP contribution in [0.5, 0.6) is 0 Å². The minimum absolute atomic E-state index is 0.110. The van der Waals surface area contributed by atoms with Gasteiger partial charge in [-0.3, -0.25) is 0 Å². The quantitative estimate of drug-likeness (QED) is 0.874. The molecule has 7 heteroatoms. The van der Waals surface area contributed by atoms with Crippen LogP contribution in [-0.2, 0) is 21.2 Å². The van der Waals surface area contributed by atoms with Gasteiger partial charge in [-0.05, 0) is 49.4 Å². The number of ether oxygens (including phenoxy) is 1. The van der Waals surface area contributed by atoms with Crippen LogP contribution in [0.15, 0.2) is 18.2 Å². The average molecular weight is 364 g/mol. The third kappa shape index (κ3) is 3.95. The Balaban J connectivity index is 1.78. The number of halogens is 2. The molecule has 1 aromatic rings. The first-order valence-electron chi connectivity index (χ1n) is 7.48. The molecule has 0 spiro atoms. The predicted octanol–water partition coefficient (Wildman–Crippen LogP) is 3.02. The molecule has 122 valence electrons. The van der Waals surface area contributed by atoms with E-state index in [0.717, 1.165) is 18.4 Å². The van der Waals surface area contributed by atoms with Crippen molar-refractivity contribution in [3.8, 4) is 0 Å². The van der Waals surface area contributed by atoms with Crippen LogP contribution in [0.25, 0.3) is 0 Å². The Morgan fingerprint density at radius 1 is 1.23 bits per heavy atom. The molecule has 0 amide bonds. The van der Waals surface area contributed by atoms with Gasteiger partial charge in [-0.1, -0.05) is 23.2 Å². The molecule has 3 rings (SSSR count). The van der Waals surface area contributed by atoms with E-state index >= 15 is 0 Å². The molecule has 0 radical (unpaired) electrons. The zero-order valence-electron chi connectivity index (χ0n) is 12.1. The van der Waals surface area contributed by atoms with Gasteiger partial charge in [0.15, 0.2) is 0 Å². The van der Waals surface area contributed by atoms with Crippen molar-refractivity contribution in [3.05, 3.63) is 33.8 Å². The lowest BCUT2D eigenvalue weighted by atomic mass is 9.93. The van der Waals surface area contributed by atoms with Crippen LogP contribution < -0.4 is 4.72 Å². The lowest BCUT2D eigenvalue weighted by Crippen LogP contribution is -2.45. The highest BCUT2D eigenvalue weighted by Gasteiger charge is 2.39. The first kappa shape index (κ1) is 16.5. The number of nitrogens with one attached hydrogen (secondary N) is 1. The van der Waals surface area contributed by atoms with Crippen molar-refractivity contribution in [2.45, 2.75) is 37.0 Å². The molecule has 0 unspecified atom stereocenters. The standard InChI is InChI=1S/C15H19Cl2NO3S/c16-12-1-4-14(17)10(8-12)7-11-9-21-6-5-15(11)22(19,20)18-13-2-3-13/h1,4,8,11,13,15,18H,2-3,5-7,9H2/t11-,15-/m1/s1. The highest BCUT2D eigenvalue weighted by Crippen LogP contribution is 2.30. The Labute approximate surface area is 141 Å². The summed E-state index contributed by atoms with van der Waals surface area (Å²) in [7, 11) is -3.32. The molecule has 1 aliphatic carbocycles. The molecule has 4 nitrogen and oxygen atoms in total. The first-order chi connectivity index (χ1) is 10.5. The van der Waals surface area contributed by atoms with E-state index in [1.54, 1.807) is 18.2 Å². The van der Waals surface area contributed by atoms with Gasteiger partial charge < -0.3 is 4.74 Å². The van der Waals surface area contributed by atoms with Crippen molar-refractivity contribution in [2.24, 2.45) is 5.92 Å². The van der Waals surface area contributed by atoms with Crippen molar-refractivity contribution < 1.29 is 13.2 Å². The van der Waals surface area contributed by atoms with Crippen LogP contribution in [0.1, 0.15) is 24.8 Å². The topological polar surface area (TPSA) is 55.4 Å². The molecule has 2 aliphatic rings. The second-order valence-corrected chi connectivity index (χ2v) is 8.81. The summed E-state index contributed by atoms with van der Waals surface area (Å²) in [4.78, 5) is 0. The minimum atomic E-state index is -3.32. The zero-order valence-corrected chi connectivity index (χ0v) is 14.4. The molecule has 1 N–H and O–H groups in total. The van der Waals surface area contributed by atoms with Crippen LogP contribution in [0.4, 0.5) is 0 Å². The second kappa shape index (κ2) is 6.65. The van der Waals surface area contributed by atoms with Gasteiger partial charge in [0.1, 0.15) is 0 Å². The second-order valence-electron chi connectivity index (χ2n) is 6.04. The van der Waals surface area contributed by atoms with E-state index in [0.29, 0.717) is 36.1 Å². The maximum Gasteiger partial charge on any atom is 0.215 e. The van der Waals surface area contributed by atoms with E-state index < -0.39 is 15.3 Å². The Hall–Kier alpha value is -0.330. The lowest BCUT2D eigenvalue weighted by molar-refractivity contribution is 0.0570. The van der Waals surface area contributed by atoms with E-state index in [1.807, 2.05) is 0 Å². The fourth-order valence-electron chi connectivity index (χ4n) is 2.88. The molecule has 22 heavy (non-hydrogen) atoms. The average Bonchev–Trinajstić information content (AvgIpc) is 3.26. The van der Waals surface area contributed by atoms with Crippen LogP contribution >= 0.6 is 23.2 Å². The summed E-state index contributed by atoms with van der Waals surface area (Å²) in [5.41, 5.74) is 0.872. The number of benzene rings is 1. The van der Waals surface area contributed by atoms with Crippen molar-refractivity contribution >= 4 is 33.2 Å². The summed E-state index contributed by atoms with van der Waals surface area (Å²) in [5, 5.41) is 0.782. The Bertz CT molecular complexity index is 646. The van der Waals surface area contributed by atoms with Crippen LogP contribution in [0.2, 0.25) is 10.0 Å². The number of rotatable bonds is 5. The number of sulfonamides is 1. The van der Waals surface area contributed by atoms with Gasteiger partial charge in [0.05, 0.1) is 11.9 Å². The summed E-state index contributed by atoms with van der Waals surface area (Å²) in [6.07, 6.45) is 2.95. The lowest BCUT2D eigenvalue weighted by Gasteiger charge is -2.31. The summed E-state index contributed by atoms with van der Waals surface area (Å²) in [6, 6.07) is 5.40. The van der Waals surface area contributed by atoms with Gasteiger partial charge in [-0.15, -0.1) is 0 Å². The summed E-state index contributed by atoms with van der Waals surface area (Å²) >= 11 is 12.2. The molecule has 2 fully saturated rings. The van der Waals surface area contributed by atoms with Gasteiger partial charge in [0.2, 0.25) is 10.0 Å². The maximum atomic E-state index is 12.6. The van der Waals surface area contributed by atoms with Gasteiger partial charge in [-0.2, -0.15) is 0 Å². The molecule has 1 aliphatic heterocycles. The minimum Gasteiger partial charge on any atom is -0.381 e. The third-order valence-corrected chi connectivity index (χ3v) is 6.88. The van der Waals surface area contributed by atoms with Crippen LogP contribution in [0.3, 0.4) is 0 Å². The Morgan fingerprint density at radius 2 is 2.00 bits per heavy atom. The van der Waals surface area contributed by atoms with E-state index in [-0.39, 0.29) is 12.0 Å². The molecule has 0 aromatic heterocycles. The summed E-state index contributed by atoms with van der Waals surface area (Å²) in [5.74, 6) is -0.110. The molecule has 1 aromatic carbocycles. The number of hydrogen-bond acceptors (Lipinski definition) is 3. The Kier molecular flexibility index (Phi) is 5.00. The van der Waals surface area contributed by atoms with Gasteiger partial charge in [0, 0.05) is 28.6 Å². The monoisotopic (exact) mass is 363 g/mol. The molecule has 2 atom stereocenters. The van der Waals surface area contributed by atoms with E-state index in [9.17, 15) is 8.42 Å². The SMILES string of the molecule is O=S(=O)(NC1CC1)[C@@H]1CCOC[C@H]1Cc1cc(Cl)ccc1Cl. The highest BCUT2D eigenvalue weighted by molar-refractivity contribution is 7.90. The van der Waals surface area contributed by atoms with Crippen molar-refractivity contribution in [1.29, 1.82) is 0 Å². The summed E-state index contributed by atoms with van der Waals surface area (Å²) < 4.78 is 33.4. The van der Waals surface area contributed by atoms with Crippen molar-refractivity contribution in [2.75, 3.05) is 13.2 Å². The molecule has 0 bridgehead atoms. The van der Waals surface area contributed by atoms with Gasteiger partial charge in [0.25, 0.3) is 0 Å². The largest absolute Gasteiger partial charge is 0.381 e. The fourth-order valence-corrected chi connectivity index (χ4v) is 5.23. The zero-order chi connectivity index (χ0) is 15.7. The Morgan fingerprint density at radius 3 is 2.73 bits per heavy atom. The highest BCUT2D eigenvalue weighted by atomic mass is 35.5. The van der Waals surface area contributed by atoms with Gasteiger partial charge >= 0.3 is 0 Å². The van der Waals surface area contributed by atoms with Gasteiger partial charge in [-0.25, -0.2) is 13.1 Å². The molecule has 1 saturated heterocycles. The van der Waals surface area contributed by atoms with E-state index in [1.165, 1.54) is 0 Å². The van der Waals surface area contributed by atoms with Crippen LogP contribution in [-0.4, -0.2) is 32.9 Å². The van der Waals surface area contributed by atoms with Crippen molar-refractivity contribution in [3.63, 3.8) is 0 Å². The third-order valence-electron chi connectivity index (χ3n) is 4.20. The molecule has 1 heterocycles. The smallest absolute Gasteiger partial charge is 0.215 e.